The molecule has 1 saturated heterocycles. The van der Waals surface area contributed by atoms with Crippen LogP contribution in [0.1, 0.15) is 34.2 Å². The lowest BCUT2D eigenvalue weighted by Gasteiger charge is -2.44. The molecule has 1 fully saturated rings. The number of hydrogen-bond donors (Lipinski definition) is 4. The minimum Gasteiger partial charge on any atom is -0.504 e. The number of rotatable bonds is 7. The van der Waals surface area contributed by atoms with Gasteiger partial charge in [0.05, 0.1) is 24.9 Å². The van der Waals surface area contributed by atoms with Crippen molar-refractivity contribution in [1.29, 1.82) is 0 Å². The average Bonchev–Trinajstić information content (AvgIpc) is 3.24. The highest BCUT2D eigenvalue weighted by atomic mass is 32.1. The molecule has 3 aromatic rings. The van der Waals surface area contributed by atoms with Crippen LogP contribution in [0.5, 0.6) is 5.75 Å². The van der Waals surface area contributed by atoms with Crippen LogP contribution in [0.3, 0.4) is 0 Å². The van der Waals surface area contributed by atoms with Crippen molar-refractivity contribution in [1.82, 2.24) is 0 Å². The second kappa shape index (κ2) is 6.75. The number of thiophene rings is 1. The Balaban J connectivity index is 1.66. The number of hydrogen-bond acceptors (Lipinski definition) is 9. The third-order valence-corrected chi connectivity index (χ3v) is 5.98. The molecule has 0 radical (unpaired) electrons. The number of aryl methyl sites for hydroxylation is 1. The van der Waals surface area contributed by atoms with E-state index in [1.54, 1.807) is 6.07 Å². The third kappa shape index (κ3) is 3.10. The smallest absolute Gasteiger partial charge is 0.349 e. The molecule has 1 unspecified atom stereocenters. The van der Waals surface area contributed by atoms with Crippen LogP contribution < -0.4 is 21.5 Å². The molecule has 1 aliphatic heterocycles. The van der Waals surface area contributed by atoms with E-state index >= 15 is 0 Å². The average molecular weight is 418 g/mol. The summed E-state index contributed by atoms with van der Waals surface area (Å²) < 4.78 is 11.1. The molecule has 3 heterocycles. The van der Waals surface area contributed by atoms with Gasteiger partial charge in [-0.1, -0.05) is 6.92 Å². The largest absolute Gasteiger partial charge is 0.504 e. The first-order valence-electron chi connectivity index (χ1n) is 8.76. The number of carboxylic acid groups (broad SMARTS) is 1. The molecule has 0 aliphatic carbocycles. The van der Waals surface area contributed by atoms with E-state index in [0.717, 1.165) is 11.3 Å². The van der Waals surface area contributed by atoms with Gasteiger partial charge >= 0.3 is 5.97 Å². The molecule has 10 heteroatoms. The minimum absolute atomic E-state index is 0.0304. The molecule has 1 aromatic carbocycles. The van der Waals surface area contributed by atoms with Crippen molar-refractivity contribution in [2.24, 2.45) is 5.41 Å². The standard InChI is InChI=1S/C19H18N2O7S/c1-8-3-4-10(28-8)17(19(2)6-27-7-19)21-12-11(14(23)15(12)24)20-9-5-29-16(13(9)22)18(25)26/h3-5,17,20-22H,6-7H2,1-2H3,(H,25,26). The van der Waals surface area contributed by atoms with Gasteiger partial charge in [0.25, 0.3) is 10.9 Å². The summed E-state index contributed by atoms with van der Waals surface area (Å²) in [6.07, 6.45) is 0. The van der Waals surface area contributed by atoms with Crippen LogP contribution in [-0.4, -0.2) is 29.4 Å². The second-order valence-corrected chi connectivity index (χ2v) is 8.22. The lowest BCUT2D eigenvalue weighted by atomic mass is 9.79. The summed E-state index contributed by atoms with van der Waals surface area (Å²) >= 11 is 0.812. The van der Waals surface area contributed by atoms with E-state index in [4.69, 9.17) is 14.3 Å². The van der Waals surface area contributed by atoms with Crippen LogP contribution in [-0.2, 0) is 4.74 Å². The van der Waals surface area contributed by atoms with Gasteiger partial charge in [0, 0.05) is 10.8 Å². The summed E-state index contributed by atoms with van der Waals surface area (Å²) in [6, 6.07) is 3.20. The molecular formula is C19H18N2O7S. The number of anilines is 3. The summed E-state index contributed by atoms with van der Waals surface area (Å²) in [5, 5.41) is 26.3. The van der Waals surface area contributed by atoms with Crippen molar-refractivity contribution >= 4 is 34.4 Å². The van der Waals surface area contributed by atoms with Gasteiger partial charge < -0.3 is 30.0 Å². The van der Waals surface area contributed by atoms with Crippen molar-refractivity contribution in [3.05, 3.63) is 54.4 Å². The van der Waals surface area contributed by atoms with Crippen molar-refractivity contribution in [2.75, 3.05) is 23.8 Å². The Labute approximate surface area is 168 Å². The quantitative estimate of drug-likeness (QED) is 0.426. The first-order valence-corrected chi connectivity index (χ1v) is 9.64. The summed E-state index contributed by atoms with van der Waals surface area (Å²) in [6.45, 7) is 4.70. The SMILES string of the molecule is Cc1ccc(C(Nc2c(Nc3csc(C(=O)O)c3O)c(=O)c2=O)C2(C)COC2)o1. The van der Waals surface area contributed by atoms with E-state index in [-0.39, 0.29) is 27.4 Å². The van der Waals surface area contributed by atoms with Crippen LogP contribution in [0.25, 0.3) is 0 Å². The van der Waals surface area contributed by atoms with Crippen molar-refractivity contribution in [3.8, 4) is 5.75 Å². The Hall–Kier alpha value is -3.11. The molecule has 29 heavy (non-hydrogen) atoms. The number of nitrogens with one attached hydrogen (secondary N) is 2. The molecule has 0 spiro atoms. The molecule has 0 amide bonds. The van der Waals surface area contributed by atoms with E-state index in [1.165, 1.54) is 5.38 Å². The number of furan rings is 1. The highest BCUT2D eigenvalue weighted by Gasteiger charge is 2.45. The van der Waals surface area contributed by atoms with Gasteiger partial charge in [-0.2, -0.15) is 0 Å². The number of carbonyl (C=O) groups is 1. The summed E-state index contributed by atoms with van der Waals surface area (Å²) in [5.41, 5.74) is -1.72. The molecule has 1 atom stereocenters. The monoisotopic (exact) mass is 418 g/mol. The Morgan fingerprint density at radius 2 is 1.93 bits per heavy atom. The topological polar surface area (TPSA) is 138 Å². The third-order valence-electron chi connectivity index (χ3n) is 5.02. The fourth-order valence-corrected chi connectivity index (χ4v) is 4.04. The lowest BCUT2D eigenvalue weighted by Crippen LogP contribution is -2.49. The molecular weight excluding hydrogens is 400 g/mol. The molecule has 0 bridgehead atoms. The Bertz CT molecular complexity index is 1160. The maximum Gasteiger partial charge on any atom is 0.349 e. The summed E-state index contributed by atoms with van der Waals surface area (Å²) in [4.78, 5) is 35.2. The molecule has 4 rings (SSSR count). The van der Waals surface area contributed by atoms with E-state index < -0.39 is 28.6 Å². The normalized spacial score (nSPS) is 16.3. The highest BCUT2D eigenvalue weighted by Crippen LogP contribution is 2.44. The predicted octanol–water partition coefficient (Wildman–Crippen LogP) is 2.58. The van der Waals surface area contributed by atoms with Gasteiger partial charge in [-0.25, -0.2) is 4.79 Å². The van der Waals surface area contributed by atoms with E-state index in [0.29, 0.717) is 24.7 Å². The van der Waals surface area contributed by atoms with Crippen LogP contribution in [0.4, 0.5) is 17.1 Å². The van der Waals surface area contributed by atoms with Gasteiger partial charge in [-0.05, 0) is 19.1 Å². The molecule has 0 saturated carbocycles. The van der Waals surface area contributed by atoms with E-state index in [9.17, 15) is 19.5 Å². The van der Waals surface area contributed by atoms with Gasteiger partial charge in [0.1, 0.15) is 22.9 Å². The zero-order chi connectivity index (χ0) is 20.9. The Morgan fingerprint density at radius 1 is 1.24 bits per heavy atom. The maximum absolute atomic E-state index is 12.2. The minimum atomic E-state index is -1.28. The van der Waals surface area contributed by atoms with Crippen molar-refractivity contribution in [3.63, 3.8) is 0 Å². The van der Waals surface area contributed by atoms with Crippen molar-refractivity contribution < 1.29 is 24.2 Å². The molecule has 2 aromatic heterocycles. The van der Waals surface area contributed by atoms with E-state index in [2.05, 4.69) is 10.6 Å². The van der Waals surface area contributed by atoms with Crippen LogP contribution >= 0.6 is 11.3 Å². The molecule has 9 nitrogen and oxygen atoms in total. The van der Waals surface area contributed by atoms with Gasteiger partial charge in [0.2, 0.25) is 0 Å². The first kappa shape index (κ1) is 19.2. The maximum atomic E-state index is 12.2. The fraction of sp³-hybridized carbons (Fsp3) is 0.316. The lowest BCUT2D eigenvalue weighted by molar-refractivity contribution is -0.115. The Kier molecular flexibility index (Phi) is 4.47. The number of ether oxygens (including phenoxy) is 1. The molecule has 152 valence electrons. The highest BCUT2D eigenvalue weighted by molar-refractivity contribution is 7.12. The van der Waals surface area contributed by atoms with Gasteiger partial charge in [0.15, 0.2) is 10.6 Å². The van der Waals surface area contributed by atoms with Crippen molar-refractivity contribution in [2.45, 2.75) is 19.9 Å². The Morgan fingerprint density at radius 3 is 2.45 bits per heavy atom. The zero-order valence-corrected chi connectivity index (χ0v) is 16.4. The van der Waals surface area contributed by atoms with Gasteiger partial charge in [-0.15, -0.1) is 11.3 Å². The fourth-order valence-electron chi connectivity index (χ4n) is 3.31. The number of aromatic hydroxyl groups is 1. The second-order valence-electron chi connectivity index (χ2n) is 7.34. The number of carboxylic acids is 1. The van der Waals surface area contributed by atoms with Crippen LogP contribution in [0.15, 0.2) is 31.5 Å². The van der Waals surface area contributed by atoms with E-state index in [1.807, 2.05) is 19.9 Å². The summed E-state index contributed by atoms with van der Waals surface area (Å²) in [5.74, 6) is -0.448. The van der Waals surface area contributed by atoms with Crippen LogP contribution in [0.2, 0.25) is 0 Å². The van der Waals surface area contributed by atoms with Gasteiger partial charge in [-0.3, -0.25) is 9.59 Å². The van der Waals surface area contributed by atoms with Crippen LogP contribution in [0, 0.1) is 12.3 Å². The molecule has 4 N–H and O–H groups in total. The molecule has 1 aliphatic rings. The number of aromatic carboxylic acids is 1. The predicted molar refractivity (Wildman–Crippen MR) is 106 cm³/mol. The summed E-state index contributed by atoms with van der Waals surface area (Å²) in [7, 11) is 0. The first-order chi connectivity index (χ1) is 13.7. The zero-order valence-electron chi connectivity index (χ0n) is 15.6.